The topological polar surface area (TPSA) is 34.4 Å². The number of furan rings is 1. The standard InChI is InChI=1S/C16H20FNO2/c1-3-19-10-9-18-11-13-7-8-16(20-13)14-5-4-6-15(17)12(14)2/h4-8,18H,3,9-11H2,1-2H3. The first kappa shape index (κ1) is 14.8. The highest BCUT2D eigenvalue weighted by Gasteiger charge is 2.09. The minimum Gasteiger partial charge on any atom is -0.460 e. The van der Waals surface area contributed by atoms with Crippen molar-refractivity contribution in [1.29, 1.82) is 0 Å². The number of benzene rings is 1. The summed E-state index contributed by atoms with van der Waals surface area (Å²) in [6, 6.07) is 8.80. The Labute approximate surface area is 118 Å². The largest absolute Gasteiger partial charge is 0.460 e. The van der Waals surface area contributed by atoms with Gasteiger partial charge in [0, 0.05) is 18.7 Å². The minimum atomic E-state index is -0.213. The summed E-state index contributed by atoms with van der Waals surface area (Å²) in [5.74, 6) is 1.32. The van der Waals surface area contributed by atoms with Gasteiger partial charge in [-0.25, -0.2) is 4.39 Å². The quantitative estimate of drug-likeness (QED) is 0.786. The highest BCUT2D eigenvalue weighted by atomic mass is 19.1. The fourth-order valence-electron chi connectivity index (χ4n) is 1.99. The lowest BCUT2D eigenvalue weighted by atomic mass is 10.1. The lowest BCUT2D eigenvalue weighted by Crippen LogP contribution is -2.18. The first-order valence-corrected chi connectivity index (χ1v) is 6.85. The Bertz CT molecular complexity index is 551. The van der Waals surface area contributed by atoms with Gasteiger partial charge in [-0.2, -0.15) is 0 Å². The normalized spacial score (nSPS) is 10.9. The summed E-state index contributed by atoms with van der Waals surface area (Å²) in [5, 5.41) is 3.23. The molecule has 0 saturated heterocycles. The molecule has 4 heteroatoms. The molecule has 2 aromatic rings. The van der Waals surface area contributed by atoms with E-state index >= 15 is 0 Å². The molecule has 0 atom stereocenters. The smallest absolute Gasteiger partial charge is 0.134 e. The maximum Gasteiger partial charge on any atom is 0.134 e. The monoisotopic (exact) mass is 277 g/mol. The van der Waals surface area contributed by atoms with Crippen molar-refractivity contribution in [3.05, 3.63) is 47.5 Å². The molecule has 0 aliphatic heterocycles. The molecule has 1 aromatic carbocycles. The summed E-state index contributed by atoms with van der Waals surface area (Å²) in [4.78, 5) is 0. The molecule has 2 rings (SSSR count). The Morgan fingerprint density at radius 3 is 2.90 bits per heavy atom. The van der Waals surface area contributed by atoms with E-state index in [1.807, 2.05) is 25.1 Å². The van der Waals surface area contributed by atoms with Crippen LogP contribution in [0.3, 0.4) is 0 Å². The van der Waals surface area contributed by atoms with E-state index in [1.165, 1.54) is 6.07 Å². The van der Waals surface area contributed by atoms with Crippen LogP contribution in [-0.4, -0.2) is 19.8 Å². The van der Waals surface area contributed by atoms with Gasteiger partial charge in [-0.15, -0.1) is 0 Å². The molecule has 20 heavy (non-hydrogen) atoms. The molecule has 0 aliphatic rings. The molecule has 1 aromatic heterocycles. The summed E-state index contributed by atoms with van der Waals surface area (Å²) in [6.45, 7) is 6.57. The molecule has 0 unspecified atom stereocenters. The third kappa shape index (κ3) is 3.68. The summed E-state index contributed by atoms with van der Waals surface area (Å²) in [7, 11) is 0. The minimum absolute atomic E-state index is 0.213. The summed E-state index contributed by atoms with van der Waals surface area (Å²) >= 11 is 0. The van der Waals surface area contributed by atoms with Crippen molar-refractivity contribution in [1.82, 2.24) is 5.32 Å². The van der Waals surface area contributed by atoms with E-state index in [4.69, 9.17) is 9.15 Å². The highest BCUT2D eigenvalue weighted by molar-refractivity contribution is 5.62. The van der Waals surface area contributed by atoms with E-state index in [0.717, 1.165) is 24.5 Å². The van der Waals surface area contributed by atoms with Gasteiger partial charge < -0.3 is 14.5 Å². The zero-order valence-electron chi connectivity index (χ0n) is 11.9. The van der Waals surface area contributed by atoms with Crippen molar-refractivity contribution in [3.63, 3.8) is 0 Å². The molecular formula is C16H20FNO2. The van der Waals surface area contributed by atoms with Crippen molar-refractivity contribution >= 4 is 0 Å². The maximum atomic E-state index is 13.5. The van der Waals surface area contributed by atoms with Gasteiger partial charge in [0.15, 0.2) is 0 Å². The summed E-state index contributed by atoms with van der Waals surface area (Å²) < 4.78 is 24.5. The van der Waals surface area contributed by atoms with Gasteiger partial charge in [0.05, 0.1) is 13.2 Å². The first-order chi connectivity index (χ1) is 9.72. The van der Waals surface area contributed by atoms with Crippen LogP contribution in [0, 0.1) is 12.7 Å². The predicted molar refractivity (Wildman–Crippen MR) is 77.0 cm³/mol. The van der Waals surface area contributed by atoms with Crippen molar-refractivity contribution in [2.45, 2.75) is 20.4 Å². The molecule has 0 aliphatic carbocycles. The zero-order valence-corrected chi connectivity index (χ0v) is 11.9. The molecule has 1 N–H and O–H groups in total. The third-order valence-corrected chi connectivity index (χ3v) is 3.12. The fourth-order valence-corrected chi connectivity index (χ4v) is 1.99. The molecule has 0 fully saturated rings. The van der Waals surface area contributed by atoms with Crippen molar-refractivity contribution in [2.24, 2.45) is 0 Å². The average Bonchev–Trinajstić information content (AvgIpc) is 2.90. The molecule has 3 nitrogen and oxygen atoms in total. The number of rotatable bonds is 7. The van der Waals surface area contributed by atoms with Gasteiger partial charge in [-0.3, -0.25) is 0 Å². The number of ether oxygens (including phenoxy) is 1. The molecule has 108 valence electrons. The van der Waals surface area contributed by atoms with Crippen LogP contribution in [0.15, 0.2) is 34.7 Å². The number of hydrogen-bond donors (Lipinski definition) is 1. The second-order valence-electron chi connectivity index (χ2n) is 4.55. The van der Waals surface area contributed by atoms with Crippen LogP contribution in [0.2, 0.25) is 0 Å². The van der Waals surface area contributed by atoms with Crippen LogP contribution in [0.1, 0.15) is 18.2 Å². The lowest BCUT2D eigenvalue weighted by Gasteiger charge is -2.04. The van der Waals surface area contributed by atoms with Gasteiger partial charge >= 0.3 is 0 Å². The molecule has 0 amide bonds. The highest BCUT2D eigenvalue weighted by Crippen LogP contribution is 2.26. The number of nitrogens with one attached hydrogen (secondary N) is 1. The van der Waals surface area contributed by atoms with Crippen molar-refractivity contribution < 1.29 is 13.5 Å². The Kier molecular flexibility index (Phi) is 5.32. The van der Waals surface area contributed by atoms with E-state index in [9.17, 15) is 4.39 Å². The Morgan fingerprint density at radius 1 is 1.25 bits per heavy atom. The molecule has 0 saturated carbocycles. The van der Waals surface area contributed by atoms with Crippen LogP contribution < -0.4 is 5.32 Å². The van der Waals surface area contributed by atoms with E-state index in [0.29, 0.717) is 24.5 Å². The molecule has 0 radical (unpaired) electrons. The second kappa shape index (κ2) is 7.22. The van der Waals surface area contributed by atoms with Crippen LogP contribution >= 0.6 is 0 Å². The van der Waals surface area contributed by atoms with Crippen LogP contribution in [-0.2, 0) is 11.3 Å². The van der Waals surface area contributed by atoms with Gasteiger partial charge in [-0.05, 0) is 37.6 Å². The summed E-state index contributed by atoms with van der Waals surface area (Å²) in [5.41, 5.74) is 1.41. The Morgan fingerprint density at radius 2 is 2.10 bits per heavy atom. The molecule has 0 bridgehead atoms. The van der Waals surface area contributed by atoms with Gasteiger partial charge in [-0.1, -0.05) is 12.1 Å². The lowest BCUT2D eigenvalue weighted by molar-refractivity contribution is 0.148. The van der Waals surface area contributed by atoms with Gasteiger partial charge in [0.2, 0.25) is 0 Å². The number of hydrogen-bond acceptors (Lipinski definition) is 3. The molecular weight excluding hydrogens is 257 g/mol. The van der Waals surface area contributed by atoms with Crippen LogP contribution in [0.4, 0.5) is 4.39 Å². The van der Waals surface area contributed by atoms with Crippen molar-refractivity contribution in [3.8, 4) is 11.3 Å². The molecule has 0 spiro atoms. The average molecular weight is 277 g/mol. The third-order valence-electron chi connectivity index (χ3n) is 3.12. The van der Waals surface area contributed by atoms with Gasteiger partial charge in [0.1, 0.15) is 17.3 Å². The maximum absolute atomic E-state index is 13.5. The van der Waals surface area contributed by atoms with E-state index in [-0.39, 0.29) is 5.82 Å². The number of halogens is 1. The fraction of sp³-hybridized carbons (Fsp3) is 0.375. The van der Waals surface area contributed by atoms with Gasteiger partial charge in [0.25, 0.3) is 0 Å². The molecule has 1 heterocycles. The zero-order chi connectivity index (χ0) is 14.4. The summed E-state index contributed by atoms with van der Waals surface area (Å²) in [6.07, 6.45) is 0. The Balaban J connectivity index is 1.97. The van der Waals surface area contributed by atoms with Crippen LogP contribution in [0.25, 0.3) is 11.3 Å². The Hall–Kier alpha value is -1.65. The van der Waals surface area contributed by atoms with E-state index in [2.05, 4.69) is 5.32 Å². The first-order valence-electron chi connectivity index (χ1n) is 6.85. The SMILES string of the molecule is CCOCCNCc1ccc(-c2cccc(F)c2C)o1. The second-order valence-corrected chi connectivity index (χ2v) is 4.55. The van der Waals surface area contributed by atoms with Crippen molar-refractivity contribution in [2.75, 3.05) is 19.8 Å². The predicted octanol–water partition coefficient (Wildman–Crippen LogP) is 3.52. The van der Waals surface area contributed by atoms with E-state index < -0.39 is 0 Å². The van der Waals surface area contributed by atoms with Crippen LogP contribution in [0.5, 0.6) is 0 Å². The van der Waals surface area contributed by atoms with E-state index in [1.54, 1.807) is 13.0 Å².